The van der Waals surface area contributed by atoms with Crippen LogP contribution in [0, 0.1) is 12.8 Å². The molecule has 2 aliphatic rings. The quantitative estimate of drug-likeness (QED) is 0.809. The number of hydrogen-bond acceptors (Lipinski definition) is 5. The Morgan fingerprint density at radius 3 is 3.14 bits per heavy atom. The summed E-state index contributed by atoms with van der Waals surface area (Å²) in [6, 6.07) is 4.29. The van der Waals surface area contributed by atoms with Crippen molar-refractivity contribution in [2.75, 3.05) is 12.3 Å². The number of thioether (sulfide) groups is 1. The van der Waals surface area contributed by atoms with E-state index in [0.717, 1.165) is 29.0 Å². The van der Waals surface area contributed by atoms with Gasteiger partial charge in [-0.2, -0.15) is 9.61 Å². The summed E-state index contributed by atoms with van der Waals surface area (Å²) in [4.78, 5) is 14.6. The Kier molecular flexibility index (Phi) is 3.52. The standard InChI is InChI=1S/C15H19N5OS/c1-10-16-17-13-5-6-14(18-20(10)13)22-9-15(21)19-8-11-3-2-4-12(19)7-11/h5-6,11-12H,2-4,7-9H2,1H3/t11-,12+/m0/s1. The van der Waals surface area contributed by atoms with Gasteiger partial charge < -0.3 is 4.90 Å². The van der Waals surface area contributed by atoms with Gasteiger partial charge >= 0.3 is 0 Å². The normalized spacial score (nSPS) is 24.1. The highest BCUT2D eigenvalue weighted by Gasteiger charge is 2.37. The number of carbonyl (C=O) groups is 1. The van der Waals surface area contributed by atoms with E-state index in [2.05, 4.69) is 20.2 Å². The summed E-state index contributed by atoms with van der Waals surface area (Å²) >= 11 is 1.50. The molecule has 1 saturated carbocycles. The number of amides is 1. The van der Waals surface area contributed by atoms with E-state index in [-0.39, 0.29) is 5.91 Å². The lowest BCUT2D eigenvalue weighted by molar-refractivity contribution is -0.129. The van der Waals surface area contributed by atoms with E-state index >= 15 is 0 Å². The Bertz CT molecular complexity index is 715. The Morgan fingerprint density at radius 1 is 1.36 bits per heavy atom. The van der Waals surface area contributed by atoms with E-state index in [9.17, 15) is 4.79 Å². The van der Waals surface area contributed by atoms with Crippen LogP contribution in [0.5, 0.6) is 0 Å². The molecule has 2 atom stereocenters. The summed E-state index contributed by atoms with van der Waals surface area (Å²) in [5.74, 6) is 2.21. The Hall–Kier alpha value is -1.63. The number of rotatable bonds is 3. The van der Waals surface area contributed by atoms with Crippen molar-refractivity contribution in [3.63, 3.8) is 0 Å². The van der Waals surface area contributed by atoms with Crippen molar-refractivity contribution in [2.45, 2.75) is 43.7 Å². The zero-order valence-electron chi connectivity index (χ0n) is 12.6. The Labute approximate surface area is 133 Å². The maximum absolute atomic E-state index is 12.5. The van der Waals surface area contributed by atoms with Gasteiger partial charge in [-0.05, 0) is 44.2 Å². The molecular formula is C15H19N5OS. The largest absolute Gasteiger partial charge is 0.339 e. The van der Waals surface area contributed by atoms with Crippen LogP contribution in [0.15, 0.2) is 17.2 Å². The molecule has 0 N–H and O–H groups in total. The van der Waals surface area contributed by atoms with E-state index in [4.69, 9.17) is 0 Å². The van der Waals surface area contributed by atoms with Gasteiger partial charge in [0.1, 0.15) is 5.03 Å². The van der Waals surface area contributed by atoms with E-state index in [0.29, 0.717) is 11.8 Å². The van der Waals surface area contributed by atoms with Gasteiger partial charge in [-0.1, -0.05) is 18.2 Å². The monoisotopic (exact) mass is 317 g/mol. The molecule has 1 saturated heterocycles. The number of carbonyl (C=O) groups excluding carboxylic acids is 1. The average molecular weight is 317 g/mol. The lowest BCUT2D eigenvalue weighted by Gasteiger charge is -2.24. The minimum atomic E-state index is 0.252. The zero-order valence-corrected chi connectivity index (χ0v) is 13.4. The van der Waals surface area contributed by atoms with Crippen molar-refractivity contribution >= 4 is 23.3 Å². The van der Waals surface area contributed by atoms with Gasteiger partial charge in [0.2, 0.25) is 5.91 Å². The fraction of sp³-hybridized carbons (Fsp3) is 0.600. The Balaban J connectivity index is 1.42. The molecule has 7 heteroatoms. The van der Waals surface area contributed by atoms with E-state index < -0.39 is 0 Å². The summed E-state index contributed by atoms with van der Waals surface area (Å²) in [7, 11) is 0. The van der Waals surface area contributed by atoms with Gasteiger partial charge in [-0.25, -0.2) is 0 Å². The molecule has 3 heterocycles. The third-order valence-corrected chi connectivity index (χ3v) is 5.61. The number of hydrogen-bond donors (Lipinski definition) is 0. The fourth-order valence-electron chi connectivity index (χ4n) is 3.62. The molecule has 116 valence electrons. The molecule has 1 aliphatic heterocycles. The molecule has 2 aromatic rings. The first-order chi connectivity index (χ1) is 10.7. The van der Waals surface area contributed by atoms with Gasteiger partial charge in [0.05, 0.1) is 5.75 Å². The van der Waals surface area contributed by atoms with Crippen LogP contribution in [-0.4, -0.2) is 49.0 Å². The first-order valence-electron chi connectivity index (χ1n) is 7.82. The highest BCUT2D eigenvalue weighted by atomic mass is 32.2. The maximum atomic E-state index is 12.5. The molecule has 6 nitrogen and oxygen atoms in total. The average Bonchev–Trinajstić information content (AvgIpc) is 3.05. The number of fused-ring (bicyclic) bond motifs is 3. The summed E-state index contributed by atoms with van der Waals surface area (Å²) < 4.78 is 1.72. The van der Waals surface area contributed by atoms with Gasteiger partial charge in [0, 0.05) is 12.6 Å². The summed E-state index contributed by atoms with van der Waals surface area (Å²) in [5, 5.41) is 13.3. The van der Waals surface area contributed by atoms with Crippen LogP contribution in [0.1, 0.15) is 31.5 Å². The van der Waals surface area contributed by atoms with Crippen LogP contribution in [0.3, 0.4) is 0 Å². The lowest BCUT2D eigenvalue weighted by atomic mass is 9.90. The van der Waals surface area contributed by atoms with E-state index in [1.807, 2.05) is 19.1 Å². The van der Waals surface area contributed by atoms with Gasteiger partial charge in [-0.15, -0.1) is 10.2 Å². The number of likely N-dealkylation sites (tertiary alicyclic amines) is 1. The van der Waals surface area contributed by atoms with Gasteiger partial charge in [0.25, 0.3) is 0 Å². The van der Waals surface area contributed by atoms with Crippen LogP contribution in [0.2, 0.25) is 0 Å². The van der Waals surface area contributed by atoms with Crippen LogP contribution in [0.25, 0.3) is 5.65 Å². The molecule has 0 spiro atoms. The smallest absolute Gasteiger partial charge is 0.233 e. The van der Waals surface area contributed by atoms with Crippen molar-refractivity contribution in [3.05, 3.63) is 18.0 Å². The topological polar surface area (TPSA) is 63.4 Å². The molecule has 4 rings (SSSR count). The summed E-state index contributed by atoms with van der Waals surface area (Å²) in [6.45, 7) is 2.83. The van der Waals surface area contributed by atoms with Crippen molar-refractivity contribution in [3.8, 4) is 0 Å². The highest BCUT2D eigenvalue weighted by Crippen LogP contribution is 2.35. The first-order valence-corrected chi connectivity index (χ1v) is 8.80. The van der Waals surface area contributed by atoms with Gasteiger partial charge in [0.15, 0.2) is 11.5 Å². The van der Waals surface area contributed by atoms with Crippen molar-refractivity contribution < 1.29 is 4.79 Å². The van der Waals surface area contributed by atoms with E-state index in [1.54, 1.807) is 4.52 Å². The van der Waals surface area contributed by atoms with Crippen molar-refractivity contribution in [1.29, 1.82) is 0 Å². The van der Waals surface area contributed by atoms with Crippen molar-refractivity contribution in [2.24, 2.45) is 5.92 Å². The first kappa shape index (κ1) is 14.0. The molecule has 2 bridgehead atoms. The van der Waals surface area contributed by atoms with E-state index in [1.165, 1.54) is 37.4 Å². The molecule has 1 amide bonds. The molecule has 1 aliphatic carbocycles. The third-order valence-electron chi connectivity index (χ3n) is 4.71. The van der Waals surface area contributed by atoms with Crippen LogP contribution in [-0.2, 0) is 4.79 Å². The predicted molar refractivity (Wildman–Crippen MR) is 83.7 cm³/mol. The molecule has 0 aromatic carbocycles. The molecule has 0 unspecified atom stereocenters. The molecule has 22 heavy (non-hydrogen) atoms. The van der Waals surface area contributed by atoms with Crippen LogP contribution in [0.4, 0.5) is 0 Å². The molecule has 2 aromatic heterocycles. The minimum Gasteiger partial charge on any atom is -0.339 e. The molecule has 2 fully saturated rings. The number of nitrogens with zero attached hydrogens (tertiary/aromatic N) is 5. The Morgan fingerprint density at radius 2 is 2.27 bits per heavy atom. The van der Waals surface area contributed by atoms with Crippen molar-refractivity contribution in [1.82, 2.24) is 24.7 Å². The SMILES string of the molecule is Cc1nnc2ccc(SCC(=O)N3C[C@H]4CCC[C@@H]3C4)nn12. The second-order valence-corrected chi connectivity index (χ2v) is 7.21. The van der Waals surface area contributed by atoms with Gasteiger partial charge in [-0.3, -0.25) is 4.79 Å². The number of aryl methyl sites for hydroxylation is 1. The fourth-order valence-corrected chi connectivity index (χ4v) is 4.36. The van der Waals surface area contributed by atoms with Crippen LogP contribution < -0.4 is 0 Å². The lowest BCUT2D eigenvalue weighted by Crippen LogP contribution is -2.36. The number of aromatic nitrogens is 4. The zero-order chi connectivity index (χ0) is 15.1. The summed E-state index contributed by atoms with van der Waals surface area (Å²) in [5.41, 5.74) is 0.738. The maximum Gasteiger partial charge on any atom is 0.233 e. The minimum absolute atomic E-state index is 0.252. The summed E-state index contributed by atoms with van der Waals surface area (Å²) in [6.07, 6.45) is 4.95. The molecular weight excluding hydrogens is 298 g/mol. The second-order valence-electron chi connectivity index (χ2n) is 6.21. The highest BCUT2D eigenvalue weighted by molar-refractivity contribution is 7.99. The molecule has 0 radical (unpaired) electrons. The van der Waals surface area contributed by atoms with Crippen LogP contribution >= 0.6 is 11.8 Å². The predicted octanol–water partition coefficient (Wildman–Crippen LogP) is 1.93. The second kappa shape index (κ2) is 5.53. The third kappa shape index (κ3) is 2.47.